The minimum absolute atomic E-state index is 0.386. The van der Waals surface area contributed by atoms with Gasteiger partial charge in [-0.05, 0) is 60.1 Å². The van der Waals surface area contributed by atoms with E-state index in [1.54, 1.807) is 12.1 Å². The molecule has 0 saturated heterocycles. The topological polar surface area (TPSA) is 34.1 Å². The van der Waals surface area contributed by atoms with Crippen molar-refractivity contribution < 1.29 is 8.42 Å². The molecule has 0 fully saturated rings. The molecular weight excluding hydrogens is 304 g/mol. The molecule has 0 atom stereocenters. The second-order valence-electron chi connectivity index (χ2n) is 6.99. The van der Waals surface area contributed by atoms with E-state index in [4.69, 9.17) is 0 Å². The van der Waals surface area contributed by atoms with Crippen LogP contribution in [0.2, 0.25) is 0 Å². The summed E-state index contributed by atoms with van der Waals surface area (Å²) in [6.45, 7) is 8.54. The van der Waals surface area contributed by atoms with Crippen molar-refractivity contribution in [3.63, 3.8) is 0 Å². The van der Waals surface area contributed by atoms with E-state index < -0.39 is 9.84 Å². The van der Waals surface area contributed by atoms with Crippen molar-refractivity contribution in [2.45, 2.75) is 50.3 Å². The van der Waals surface area contributed by atoms with Crippen LogP contribution in [0.4, 0.5) is 0 Å². The first-order chi connectivity index (χ1) is 10.8. The van der Waals surface area contributed by atoms with Crippen LogP contribution < -0.4 is 0 Å². The second kappa shape index (κ2) is 7.31. The zero-order valence-corrected chi connectivity index (χ0v) is 15.2. The van der Waals surface area contributed by atoms with Crippen molar-refractivity contribution in [1.82, 2.24) is 0 Å². The Morgan fingerprint density at radius 2 is 1.13 bits per heavy atom. The average Bonchev–Trinajstić information content (AvgIpc) is 2.46. The lowest BCUT2D eigenvalue weighted by Gasteiger charge is -2.10. The van der Waals surface area contributed by atoms with Gasteiger partial charge in [0.1, 0.15) is 0 Å². The molecule has 0 bridgehead atoms. The highest BCUT2D eigenvalue weighted by Gasteiger charge is 2.18. The number of hydrogen-bond acceptors (Lipinski definition) is 2. The van der Waals surface area contributed by atoms with Crippen molar-refractivity contribution in [2.75, 3.05) is 0 Å². The van der Waals surface area contributed by atoms with Crippen LogP contribution in [0, 0.1) is 11.8 Å². The first-order valence-corrected chi connectivity index (χ1v) is 9.70. The molecule has 0 heterocycles. The lowest BCUT2D eigenvalue weighted by Crippen LogP contribution is -2.05. The lowest BCUT2D eigenvalue weighted by molar-refractivity contribution is 0.594. The molecule has 0 saturated carbocycles. The zero-order chi connectivity index (χ0) is 17.0. The highest BCUT2D eigenvalue weighted by molar-refractivity contribution is 7.91. The first-order valence-electron chi connectivity index (χ1n) is 8.22. The quantitative estimate of drug-likeness (QED) is 0.753. The molecule has 0 radical (unpaired) electrons. The maximum atomic E-state index is 12.9. The van der Waals surface area contributed by atoms with Crippen LogP contribution in [-0.4, -0.2) is 8.42 Å². The van der Waals surface area contributed by atoms with E-state index in [2.05, 4.69) is 27.7 Å². The van der Waals surface area contributed by atoms with Gasteiger partial charge in [0.05, 0.1) is 9.79 Å². The molecule has 0 aliphatic carbocycles. The van der Waals surface area contributed by atoms with Crippen molar-refractivity contribution in [3.8, 4) is 0 Å². The van der Waals surface area contributed by atoms with Gasteiger partial charge in [-0.3, -0.25) is 0 Å². The molecule has 0 aliphatic rings. The lowest BCUT2D eigenvalue weighted by atomic mass is 10.0. The molecule has 23 heavy (non-hydrogen) atoms. The van der Waals surface area contributed by atoms with Crippen molar-refractivity contribution in [2.24, 2.45) is 11.8 Å². The van der Waals surface area contributed by atoms with Gasteiger partial charge < -0.3 is 0 Å². The normalized spacial score (nSPS) is 12.1. The highest BCUT2D eigenvalue weighted by atomic mass is 32.2. The van der Waals surface area contributed by atoms with Crippen LogP contribution >= 0.6 is 0 Å². The van der Waals surface area contributed by atoms with E-state index in [1.165, 1.54) is 0 Å². The third-order valence-corrected chi connectivity index (χ3v) is 5.45. The van der Waals surface area contributed by atoms with Gasteiger partial charge in [-0.25, -0.2) is 8.42 Å². The number of sulfone groups is 1. The molecule has 124 valence electrons. The predicted octanol–water partition coefficient (Wildman–Crippen LogP) is 4.92. The fourth-order valence-electron chi connectivity index (χ4n) is 2.76. The van der Waals surface area contributed by atoms with Gasteiger partial charge in [-0.15, -0.1) is 0 Å². The third-order valence-electron chi connectivity index (χ3n) is 3.71. The first kappa shape index (κ1) is 17.7. The van der Waals surface area contributed by atoms with E-state index in [0.717, 1.165) is 24.0 Å². The Morgan fingerprint density at radius 3 is 1.48 bits per heavy atom. The van der Waals surface area contributed by atoms with Gasteiger partial charge in [0, 0.05) is 0 Å². The molecular formula is C20H26O2S. The Hall–Kier alpha value is -1.61. The largest absolute Gasteiger partial charge is 0.219 e. The summed E-state index contributed by atoms with van der Waals surface area (Å²) >= 11 is 0. The Bertz CT molecular complexity index is 699. The molecule has 0 aliphatic heterocycles. The Balaban J connectivity index is 2.38. The molecule has 3 heteroatoms. The summed E-state index contributed by atoms with van der Waals surface area (Å²) in [6.07, 6.45) is 1.77. The summed E-state index contributed by atoms with van der Waals surface area (Å²) in [4.78, 5) is 0.773. The Labute approximate surface area is 140 Å². The van der Waals surface area contributed by atoms with E-state index >= 15 is 0 Å². The van der Waals surface area contributed by atoms with E-state index in [-0.39, 0.29) is 0 Å². The van der Waals surface area contributed by atoms with Crippen molar-refractivity contribution >= 4 is 9.84 Å². The van der Waals surface area contributed by atoms with Gasteiger partial charge >= 0.3 is 0 Å². The monoisotopic (exact) mass is 330 g/mol. The molecule has 0 spiro atoms. The molecule has 0 amide bonds. The maximum Gasteiger partial charge on any atom is 0.206 e. The minimum Gasteiger partial charge on any atom is -0.219 e. The number of rotatable bonds is 6. The smallest absolute Gasteiger partial charge is 0.206 e. The highest BCUT2D eigenvalue weighted by Crippen LogP contribution is 2.24. The SMILES string of the molecule is CC(C)Cc1cccc(S(=O)(=O)c2cccc(CC(C)C)c2)c1. The van der Waals surface area contributed by atoms with E-state index in [0.29, 0.717) is 21.6 Å². The number of benzene rings is 2. The van der Waals surface area contributed by atoms with Crippen LogP contribution in [0.1, 0.15) is 38.8 Å². The minimum atomic E-state index is -3.46. The Kier molecular flexibility index (Phi) is 5.64. The Morgan fingerprint density at radius 1 is 0.739 bits per heavy atom. The summed E-state index contributed by atoms with van der Waals surface area (Å²) in [6, 6.07) is 14.7. The fourth-order valence-corrected chi connectivity index (χ4v) is 4.16. The van der Waals surface area contributed by atoms with E-state index in [1.807, 2.05) is 36.4 Å². The van der Waals surface area contributed by atoms with E-state index in [9.17, 15) is 8.42 Å². The molecule has 2 nitrogen and oxygen atoms in total. The van der Waals surface area contributed by atoms with Gasteiger partial charge in [-0.1, -0.05) is 52.0 Å². The fraction of sp³-hybridized carbons (Fsp3) is 0.400. The summed E-state index contributed by atoms with van der Waals surface area (Å²) in [5, 5.41) is 0. The second-order valence-corrected chi connectivity index (χ2v) is 8.94. The summed E-state index contributed by atoms with van der Waals surface area (Å²) in [5.41, 5.74) is 2.14. The average molecular weight is 330 g/mol. The van der Waals surface area contributed by atoms with Gasteiger partial charge in [0.2, 0.25) is 9.84 Å². The molecule has 0 unspecified atom stereocenters. The van der Waals surface area contributed by atoms with Crippen LogP contribution in [0.5, 0.6) is 0 Å². The predicted molar refractivity (Wildman–Crippen MR) is 95.4 cm³/mol. The summed E-state index contributed by atoms with van der Waals surface area (Å²) in [7, 11) is -3.46. The van der Waals surface area contributed by atoms with Crippen LogP contribution in [0.15, 0.2) is 58.3 Å². The molecule has 2 aromatic carbocycles. The van der Waals surface area contributed by atoms with Crippen molar-refractivity contribution in [1.29, 1.82) is 0 Å². The zero-order valence-electron chi connectivity index (χ0n) is 14.4. The molecule has 2 aromatic rings. The third kappa shape index (κ3) is 4.68. The molecule has 0 N–H and O–H groups in total. The van der Waals surface area contributed by atoms with Gasteiger partial charge in [0.25, 0.3) is 0 Å². The van der Waals surface area contributed by atoms with Crippen LogP contribution in [-0.2, 0) is 22.7 Å². The maximum absolute atomic E-state index is 12.9. The summed E-state index contributed by atoms with van der Waals surface area (Å²) < 4.78 is 25.8. The molecule has 2 rings (SSSR count). The standard InChI is InChI=1S/C20H26O2S/c1-15(2)11-17-7-5-9-19(13-17)23(21,22)20-10-6-8-18(14-20)12-16(3)4/h5-10,13-16H,11-12H2,1-4H3. The van der Waals surface area contributed by atoms with Gasteiger partial charge in [0.15, 0.2) is 0 Å². The number of hydrogen-bond donors (Lipinski definition) is 0. The van der Waals surface area contributed by atoms with Crippen LogP contribution in [0.3, 0.4) is 0 Å². The summed E-state index contributed by atoms with van der Waals surface area (Å²) in [5.74, 6) is 1.00. The molecule has 0 aromatic heterocycles. The van der Waals surface area contributed by atoms with Gasteiger partial charge in [-0.2, -0.15) is 0 Å². The van der Waals surface area contributed by atoms with Crippen molar-refractivity contribution in [3.05, 3.63) is 59.7 Å². The van der Waals surface area contributed by atoms with Crippen LogP contribution in [0.25, 0.3) is 0 Å².